The molecule has 2 aliphatic rings. The molecular weight excluding hydrogens is 559 g/mol. The van der Waals surface area contributed by atoms with Gasteiger partial charge >= 0.3 is 13.7 Å². The molecule has 1 fully saturated rings. The molecule has 6 N–H and O–H groups in total. The maximum absolute atomic E-state index is 13.8. The third kappa shape index (κ3) is 6.28. The van der Waals surface area contributed by atoms with Gasteiger partial charge in [-0.05, 0) is 32.9 Å². The van der Waals surface area contributed by atoms with Crippen LogP contribution in [0.15, 0.2) is 46.2 Å². The van der Waals surface area contributed by atoms with Gasteiger partial charge in [0.25, 0.3) is 11.3 Å². The van der Waals surface area contributed by atoms with Crippen LogP contribution in [-0.4, -0.2) is 76.7 Å². The average Bonchev–Trinajstić information content (AvgIpc) is 3.17. The lowest BCUT2D eigenvalue weighted by Crippen LogP contribution is -2.57. The molecule has 1 aromatic heterocycles. The number of nitrogen functional groups attached to an aromatic ring is 1. The van der Waals surface area contributed by atoms with E-state index < -0.39 is 62.1 Å². The number of fused-ring (bicyclic) bond motifs is 1. The van der Waals surface area contributed by atoms with Crippen molar-refractivity contribution in [3.63, 3.8) is 0 Å². The Balaban J connectivity index is 1.58. The molecule has 2 unspecified atom stereocenters. The number of carbonyl (C=O) groups is 1. The van der Waals surface area contributed by atoms with Crippen LogP contribution in [0.2, 0.25) is 0 Å². The predicted molar refractivity (Wildman–Crippen MR) is 147 cm³/mol. The number of aliphatic hydroxyl groups excluding tert-OH is 2. The fraction of sp³-hybridized carbons (Fsp3) is 0.440. The third-order valence-corrected chi connectivity index (χ3v) is 7.86. The minimum atomic E-state index is -4.35. The SMILES string of the molecule is CC(C)OC(=O)C(C)NP(=O)(OC[C@H]1O[C@@](C#N)(N2CC=Nc3c2cc(N)[nH]c3=O)[C@H](O)[C@@H]1O)Oc1ccccc1. The molecule has 41 heavy (non-hydrogen) atoms. The van der Waals surface area contributed by atoms with E-state index in [-0.39, 0.29) is 29.5 Å². The van der Waals surface area contributed by atoms with E-state index in [2.05, 4.69) is 15.1 Å². The highest BCUT2D eigenvalue weighted by atomic mass is 31.2. The molecule has 0 spiro atoms. The number of carbonyl (C=O) groups excluding carboxylic acids is 1. The summed E-state index contributed by atoms with van der Waals surface area (Å²) in [6.45, 7) is 4.00. The summed E-state index contributed by atoms with van der Waals surface area (Å²) >= 11 is 0. The molecule has 0 aliphatic carbocycles. The smallest absolute Gasteiger partial charge is 0.459 e. The number of hydrogen-bond donors (Lipinski definition) is 5. The minimum absolute atomic E-state index is 0.0213. The second-order valence-electron chi connectivity index (χ2n) is 9.64. The first-order chi connectivity index (χ1) is 19.4. The van der Waals surface area contributed by atoms with E-state index >= 15 is 0 Å². The second kappa shape index (κ2) is 12.0. The number of nitrogens with one attached hydrogen (secondary N) is 2. The summed E-state index contributed by atoms with van der Waals surface area (Å²) < 4.78 is 36.0. The van der Waals surface area contributed by atoms with Crippen molar-refractivity contribution < 1.29 is 38.1 Å². The maximum Gasteiger partial charge on any atom is 0.459 e. The Bertz CT molecular complexity index is 1450. The number of esters is 1. The molecule has 1 saturated heterocycles. The molecular formula is C25H31N6O9P. The monoisotopic (exact) mass is 590 g/mol. The Hall–Kier alpha value is -3.77. The van der Waals surface area contributed by atoms with Crippen LogP contribution < -0.4 is 25.8 Å². The summed E-state index contributed by atoms with van der Waals surface area (Å²) in [7, 11) is -4.35. The first kappa shape index (κ1) is 30.2. The Morgan fingerprint density at radius 2 is 2.07 bits per heavy atom. The number of para-hydroxylation sites is 1. The number of aliphatic imine (C=N–C) groups is 1. The number of aromatic amines is 1. The quantitative estimate of drug-likeness (QED) is 0.192. The number of aromatic nitrogens is 1. The number of pyridine rings is 1. The lowest BCUT2D eigenvalue weighted by molar-refractivity contribution is -0.149. The normalized spacial score (nSPS) is 25.7. The molecule has 0 radical (unpaired) electrons. The van der Waals surface area contributed by atoms with Crippen LogP contribution in [0.25, 0.3) is 0 Å². The van der Waals surface area contributed by atoms with E-state index in [0.29, 0.717) is 0 Å². The van der Waals surface area contributed by atoms with Gasteiger partial charge in [-0.1, -0.05) is 18.2 Å². The highest BCUT2D eigenvalue weighted by Gasteiger charge is 2.59. The van der Waals surface area contributed by atoms with Crippen LogP contribution in [0.4, 0.5) is 17.2 Å². The molecule has 2 aromatic rings. The van der Waals surface area contributed by atoms with Gasteiger partial charge in [0.1, 0.15) is 42.0 Å². The van der Waals surface area contributed by atoms with Gasteiger partial charge in [0.15, 0.2) is 5.69 Å². The fourth-order valence-electron chi connectivity index (χ4n) is 4.34. The zero-order chi connectivity index (χ0) is 29.9. The molecule has 220 valence electrons. The highest BCUT2D eigenvalue weighted by Crippen LogP contribution is 2.47. The molecule has 3 heterocycles. The van der Waals surface area contributed by atoms with Crippen molar-refractivity contribution in [2.45, 2.75) is 57.0 Å². The van der Waals surface area contributed by atoms with Gasteiger partial charge in [-0.25, -0.2) is 4.57 Å². The van der Waals surface area contributed by atoms with Gasteiger partial charge in [0.05, 0.1) is 24.9 Å². The maximum atomic E-state index is 13.8. The first-order valence-electron chi connectivity index (χ1n) is 12.6. The van der Waals surface area contributed by atoms with Crippen molar-refractivity contribution in [3.8, 4) is 11.8 Å². The topological polar surface area (TPSA) is 222 Å². The summed E-state index contributed by atoms with van der Waals surface area (Å²) in [6.07, 6.45) is -4.03. The average molecular weight is 591 g/mol. The summed E-state index contributed by atoms with van der Waals surface area (Å²) in [6, 6.07) is 10.1. The van der Waals surface area contributed by atoms with Crippen molar-refractivity contribution in [1.29, 1.82) is 5.26 Å². The van der Waals surface area contributed by atoms with Crippen LogP contribution in [0.5, 0.6) is 5.75 Å². The van der Waals surface area contributed by atoms with Gasteiger partial charge < -0.3 is 39.8 Å². The van der Waals surface area contributed by atoms with Gasteiger partial charge in [0, 0.05) is 12.3 Å². The highest BCUT2D eigenvalue weighted by molar-refractivity contribution is 7.52. The van der Waals surface area contributed by atoms with Crippen LogP contribution in [-0.2, 0) is 23.4 Å². The standard InChI is InChI=1S/C25H31N6O9P/c1-14(2)38-24(35)15(3)30-41(36,40-16-7-5-4-6-8-16)37-12-18-21(32)22(33)25(13-26,39-18)31-10-9-28-20-17(31)11-19(27)29-23(20)34/h4-9,11,14-15,18,21-22,32-33H,10,12H2,1-3H3,(H,30,36)(H3,27,29,34)/t15?,18-,21-,22-,25-,41?/m1/s1. The molecule has 16 heteroatoms. The van der Waals surface area contributed by atoms with Gasteiger partial charge in [0.2, 0.25) is 0 Å². The number of hydrogen-bond acceptors (Lipinski definition) is 13. The van der Waals surface area contributed by atoms with Crippen molar-refractivity contribution in [3.05, 3.63) is 46.8 Å². The Labute approximate surface area is 235 Å². The predicted octanol–water partition coefficient (Wildman–Crippen LogP) is 0.953. The number of rotatable bonds is 10. The number of nitrogens with two attached hydrogens (primary N) is 1. The molecule has 1 aromatic carbocycles. The van der Waals surface area contributed by atoms with Crippen LogP contribution in [0.3, 0.4) is 0 Å². The van der Waals surface area contributed by atoms with Crippen molar-refractivity contribution in [1.82, 2.24) is 10.1 Å². The minimum Gasteiger partial charge on any atom is -0.462 e. The molecule has 0 saturated carbocycles. The summed E-state index contributed by atoms with van der Waals surface area (Å²) in [4.78, 5) is 32.5. The van der Waals surface area contributed by atoms with Crippen LogP contribution in [0.1, 0.15) is 20.8 Å². The van der Waals surface area contributed by atoms with E-state index in [1.54, 1.807) is 32.0 Å². The summed E-state index contributed by atoms with van der Waals surface area (Å²) in [5, 5.41) is 34.6. The third-order valence-electron chi connectivity index (χ3n) is 6.22. The Morgan fingerprint density at radius 1 is 1.37 bits per heavy atom. The van der Waals surface area contributed by atoms with Crippen LogP contribution >= 0.6 is 7.75 Å². The van der Waals surface area contributed by atoms with Crippen molar-refractivity contribution in [2.75, 3.05) is 23.8 Å². The fourth-order valence-corrected chi connectivity index (χ4v) is 5.84. The number of H-pyrrole nitrogens is 1. The van der Waals surface area contributed by atoms with E-state index in [9.17, 15) is 29.6 Å². The second-order valence-corrected chi connectivity index (χ2v) is 11.3. The van der Waals surface area contributed by atoms with Crippen LogP contribution in [0, 0.1) is 11.3 Å². The van der Waals surface area contributed by atoms with E-state index in [1.165, 1.54) is 36.2 Å². The summed E-state index contributed by atoms with van der Waals surface area (Å²) in [5.41, 5.74) is 2.98. The van der Waals surface area contributed by atoms with Gasteiger partial charge in [-0.15, -0.1) is 0 Å². The summed E-state index contributed by atoms with van der Waals surface area (Å²) in [5.74, 6) is -0.581. The molecule has 15 nitrogen and oxygen atoms in total. The molecule has 2 aliphatic heterocycles. The molecule has 0 amide bonds. The number of aliphatic hydroxyl groups is 2. The van der Waals surface area contributed by atoms with E-state index in [4.69, 9.17) is 24.3 Å². The Morgan fingerprint density at radius 3 is 2.73 bits per heavy atom. The Kier molecular flexibility index (Phi) is 8.83. The molecule has 0 bridgehead atoms. The zero-order valence-electron chi connectivity index (χ0n) is 22.5. The van der Waals surface area contributed by atoms with E-state index in [1.807, 2.05) is 6.07 Å². The number of nitrogens with zero attached hydrogens (tertiary/aromatic N) is 3. The zero-order valence-corrected chi connectivity index (χ0v) is 23.4. The van der Waals surface area contributed by atoms with E-state index in [0.717, 1.165) is 0 Å². The number of nitriles is 1. The number of ether oxygens (including phenoxy) is 2. The largest absolute Gasteiger partial charge is 0.462 e. The van der Waals surface area contributed by atoms with Gasteiger partial charge in [-0.3, -0.25) is 19.1 Å². The molecule has 4 rings (SSSR count). The van der Waals surface area contributed by atoms with Crippen molar-refractivity contribution in [2.24, 2.45) is 4.99 Å². The van der Waals surface area contributed by atoms with Crippen molar-refractivity contribution >= 4 is 37.1 Å². The lowest BCUT2D eigenvalue weighted by Gasteiger charge is -2.39. The molecule has 6 atom stereocenters. The lowest BCUT2D eigenvalue weighted by atomic mass is 10.0. The number of benzene rings is 1. The van der Waals surface area contributed by atoms with Gasteiger partial charge in [-0.2, -0.15) is 10.3 Å². The first-order valence-corrected chi connectivity index (χ1v) is 14.2. The number of anilines is 2.